The van der Waals surface area contributed by atoms with Crippen LogP contribution in [0.1, 0.15) is 37.1 Å². The number of nitrogens with zero attached hydrogens (tertiary/aromatic N) is 5. The molecule has 2 aromatic carbocycles. The van der Waals surface area contributed by atoms with Crippen molar-refractivity contribution in [3.63, 3.8) is 0 Å². The second kappa shape index (κ2) is 11.9. The first kappa shape index (κ1) is 27.3. The van der Waals surface area contributed by atoms with Gasteiger partial charge in [-0.05, 0) is 55.2 Å². The van der Waals surface area contributed by atoms with Crippen LogP contribution in [0.4, 0.5) is 10.7 Å². The summed E-state index contributed by atoms with van der Waals surface area (Å²) in [6.45, 7) is 5.37. The van der Waals surface area contributed by atoms with Gasteiger partial charge in [-0.1, -0.05) is 60.1 Å². The molecule has 0 unspecified atom stereocenters. The average Bonchev–Trinajstić information content (AvgIpc) is 3.31. The highest BCUT2D eigenvalue weighted by Gasteiger charge is 2.27. The lowest BCUT2D eigenvalue weighted by Gasteiger charge is -2.29. The minimum Gasteiger partial charge on any atom is -0.388 e. The van der Waals surface area contributed by atoms with Gasteiger partial charge in [0.25, 0.3) is 5.90 Å². The van der Waals surface area contributed by atoms with Crippen LogP contribution in [-0.4, -0.2) is 38.6 Å². The molecule has 0 radical (unpaired) electrons. The van der Waals surface area contributed by atoms with Gasteiger partial charge >= 0.3 is 6.09 Å². The Kier molecular flexibility index (Phi) is 8.11. The lowest BCUT2D eigenvalue weighted by atomic mass is 9.82. The highest BCUT2D eigenvalue weighted by atomic mass is 35.5. The summed E-state index contributed by atoms with van der Waals surface area (Å²) in [5, 5.41) is 8.79. The number of nitrogens with two attached hydrogens (primary N) is 1. The van der Waals surface area contributed by atoms with Gasteiger partial charge in [-0.15, -0.1) is 6.58 Å². The molecule has 0 aliphatic heterocycles. The zero-order chi connectivity index (χ0) is 28.2. The van der Waals surface area contributed by atoms with Gasteiger partial charge < -0.3 is 19.9 Å². The van der Waals surface area contributed by atoms with Crippen molar-refractivity contribution in [2.75, 3.05) is 11.9 Å². The molecule has 9 nitrogen and oxygen atoms in total. The van der Waals surface area contributed by atoms with Crippen molar-refractivity contribution >= 4 is 40.7 Å². The van der Waals surface area contributed by atoms with E-state index in [0.29, 0.717) is 34.7 Å². The molecule has 0 saturated heterocycles. The number of aromatic nitrogens is 4. The molecule has 4 aromatic rings. The molecule has 0 atom stereocenters. The fourth-order valence-electron chi connectivity index (χ4n) is 5.37. The van der Waals surface area contributed by atoms with Gasteiger partial charge in [-0.2, -0.15) is 4.98 Å². The van der Waals surface area contributed by atoms with Crippen LogP contribution in [0, 0.1) is 17.2 Å². The van der Waals surface area contributed by atoms with Crippen LogP contribution in [0.2, 0.25) is 5.02 Å². The van der Waals surface area contributed by atoms with Crippen LogP contribution in [0.5, 0.6) is 0 Å². The number of carbonyl (C=O) groups excluding carboxylic acids is 1. The molecule has 1 aliphatic carbocycles. The average molecular weight is 558 g/mol. The molecule has 1 saturated carbocycles. The summed E-state index contributed by atoms with van der Waals surface area (Å²) in [5.74, 6) is 1.10. The van der Waals surface area contributed by atoms with Gasteiger partial charge in [0, 0.05) is 30.7 Å². The number of halogens is 1. The van der Waals surface area contributed by atoms with Crippen molar-refractivity contribution < 1.29 is 9.53 Å². The summed E-state index contributed by atoms with van der Waals surface area (Å²) in [4.78, 5) is 27.7. The number of primary amides is 1. The van der Waals surface area contributed by atoms with E-state index >= 15 is 0 Å². The minimum atomic E-state index is -1.11. The number of carbonyl (C=O) groups is 1. The third-order valence-corrected chi connectivity index (χ3v) is 7.59. The molecule has 0 spiro atoms. The van der Waals surface area contributed by atoms with Gasteiger partial charge in [0.05, 0.1) is 0 Å². The van der Waals surface area contributed by atoms with E-state index in [1.165, 1.54) is 0 Å². The number of allylic oxidation sites excluding steroid dienone is 1. The summed E-state index contributed by atoms with van der Waals surface area (Å²) < 4.78 is 7.01. The predicted octanol–water partition coefficient (Wildman–Crippen LogP) is 6.20. The molecule has 10 heteroatoms. The molecule has 1 amide bonds. The van der Waals surface area contributed by atoms with Gasteiger partial charge in [0.15, 0.2) is 5.65 Å². The maximum Gasteiger partial charge on any atom is 0.411 e. The van der Waals surface area contributed by atoms with E-state index in [1.807, 2.05) is 43.4 Å². The van der Waals surface area contributed by atoms with Gasteiger partial charge in [-0.25, -0.2) is 14.8 Å². The fraction of sp³-hybridized carbons (Fsp3) is 0.300. The Balaban J connectivity index is 1.67. The third kappa shape index (κ3) is 5.99. The Morgan fingerprint density at radius 3 is 2.58 bits per heavy atom. The van der Waals surface area contributed by atoms with Crippen LogP contribution in [0.15, 0.2) is 67.3 Å². The summed E-state index contributed by atoms with van der Waals surface area (Å²) in [7, 11) is 2.00. The second-order valence-electron chi connectivity index (χ2n) is 10.2. The van der Waals surface area contributed by atoms with E-state index in [9.17, 15) is 4.79 Å². The highest BCUT2D eigenvalue weighted by Crippen LogP contribution is 2.36. The summed E-state index contributed by atoms with van der Waals surface area (Å²) in [5.41, 5.74) is 8.73. The molecule has 0 bridgehead atoms. The van der Waals surface area contributed by atoms with Crippen molar-refractivity contribution in [2.24, 2.45) is 17.6 Å². The van der Waals surface area contributed by atoms with Gasteiger partial charge in [0.2, 0.25) is 11.8 Å². The highest BCUT2D eigenvalue weighted by molar-refractivity contribution is 6.30. The number of hydrogen-bond acceptors (Lipinski definition) is 7. The van der Waals surface area contributed by atoms with Crippen LogP contribution in [0.25, 0.3) is 22.4 Å². The van der Waals surface area contributed by atoms with Crippen molar-refractivity contribution in [3.8, 4) is 11.3 Å². The number of benzene rings is 2. The monoisotopic (exact) mass is 557 g/mol. The summed E-state index contributed by atoms with van der Waals surface area (Å²) in [6.07, 6.45) is 5.35. The van der Waals surface area contributed by atoms with Gasteiger partial charge in [0.1, 0.15) is 11.2 Å². The predicted molar refractivity (Wildman–Crippen MR) is 157 cm³/mol. The third-order valence-electron chi connectivity index (χ3n) is 7.36. The van der Waals surface area contributed by atoms with E-state index < -0.39 is 12.0 Å². The number of amides is 1. The van der Waals surface area contributed by atoms with Gasteiger partial charge in [-0.3, -0.25) is 5.41 Å². The van der Waals surface area contributed by atoms with Crippen molar-refractivity contribution in [3.05, 3.63) is 83.7 Å². The first-order valence-corrected chi connectivity index (χ1v) is 13.7. The molecular formula is C30H32ClN7O2. The Bertz CT molecular complexity index is 1540. The molecule has 2 aromatic heterocycles. The molecule has 3 N–H and O–H groups in total. The maximum absolute atomic E-state index is 11.4. The van der Waals surface area contributed by atoms with Crippen LogP contribution >= 0.6 is 11.6 Å². The molecule has 40 heavy (non-hydrogen) atoms. The summed E-state index contributed by atoms with van der Waals surface area (Å²) >= 11 is 6.38. The summed E-state index contributed by atoms with van der Waals surface area (Å²) in [6, 6.07) is 17.5. The molecular weight excluding hydrogens is 526 g/mol. The number of imidazole rings is 1. The topological polar surface area (TPSA) is 123 Å². The first-order chi connectivity index (χ1) is 19.3. The van der Waals surface area contributed by atoms with Crippen LogP contribution < -0.4 is 10.6 Å². The normalized spacial score (nSPS) is 16.9. The first-order valence-electron chi connectivity index (χ1n) is 13.3. The number of anilines is 1. The standard InChI is InChI=1S/C30H32ClN7O2/c1-3-19-12-14-21(15-13-19)18-38-25-24(22-10-7-11-23(31)16-22)34-28(26(32)40-29(33)39)35-27(25)36-30(38)37(2)17-20-8-5-4-6-9-20/h3-11,16,19,21,32H,1,12-15,17-18H2,2H3,(H2,33,39)/t19-,21-. The Labute approximate surface area is 238 Å². The molecule has 5 rings (SSSR count). The Hall–Kier alpha value is -4.24. The van der Waals surface area contributed by atoms with E-state index in [0.717, 1.165) is 54.8 Å². The molecule has 1 fully saturated rings. The SMILES string of the molecule is C=C[C@H]1CC[C@H](Cn2c(N(C)Cc3ccccc3)nc3nc(C(=N)OC(N)=O)nc(-c4cccc(Cl)c4)c32)CC1. The zero-order valence-electron chi connectivity index (χ0n) is 22.4. The van der Waals surface area contributed by atoms with Crippen LogP contribution in [0.3, 0.4) is 0 Å². The quantitative estimate of drug-likeness (QED) is 0.151. The fourth-order valence-corrected chi connectivity index (χ4v) is 5.56. The van der Waals surface area contributed by atoms with Crippen molar-refractivity contribution in [1.29, 1.82) is 5.41 Å². The van der Waals surface area contributed by atoms with E-state index in [1.54, 1.807) is 6.07 Å². The number of fused-ring (bicyclic) bond motifs is 1. The van der Waals surface area contributed by atoms with Crippen LogP contribution in [-0.2, 0) is 17.8 Å². The lowest BCUT2D eigenvalue weighted by molar-refractivity contribution is 0.207. The number of hydrogen-bond donors (Lipinski definition) is 2. The molecule has 2 heterocycles. The number of rotatable bonds is 8. The Morgan fingerprint density at radius 1 is 1.15 bits per heavy atom. The lowest BCUT2D eigenvalue weighted by Crippen LogP contribution is -2.24. The molecule has 1 aliphatic rings. The maximum atomic E-state index is 11.4. The largest absolute Gasteiger partial charge is 0.411 e. The van der Waals surface area contributed by atoms with E-state index in [2.05, 4.69) is 44.2 Å². The van der Waals surface area contributed by atoms with Crippen molar-refractivity contribution in [2.45, 2.75) is 38.8 Å². The minimum absolute atomic E-state index is 0.0883. The van der Waals surface area contributed by atoms with E-state index in [4.69, 9.17) is 32.5 Å². The zero-order valence-corrected chi connectivity index (χ0v) is 23.1. The Morgan fingerprint density at radius 2 is 1.90 bits per heavy atom. The number of ether oxygens (including phenoxy) is 1. The number of nitrogens with one attached hydrogen (secondary N) is 1. The van der Waals surface area contributed by atoms with Crippen molar-refractivity contribution in [1.82, 2.24) is 19.5 Å². The smallest absolute Gasteiger partial charge is 0.388 e. The molecule has 206 valence electrons. The second-order valence-corrected chi connectivity index (χ2v) is 10.6. The van der Waals surface area contributed by atoms with E-state index in [-0.39, 0.29) is 5.82 Å².